The van der Waals surface area contributed by atoms with Crippen molar-refractivity contribution in [2.24, 2.45) is 0 Å². The number of carbonyl (C=O) groups excluding carboxylic acids is 1. The molecule has 156 valence electrons. The fourth-order valence-corrected chi connectivity index (χ4v) is 3.90. The van der Waals surface area contributed by atoms with E-state index in [4.69, 9.17) is 0 Å². The van der Waals surface area contributed by atoms with Gasteiger partial charge in [-0.2, -0.15) is 0 Å². The molecule has 0 spiro atoms. The monoisotopic (exact) mass is 429 g/mol. The second-order valence-electron chi connectivity index (χ2n) is 7.20. The Kier molecular flexibility index (Phi) is 6.43. The molecule has 0 bridgehead atoms. The molecule has 1 amide bonds. The van der Waals surface area contributed by atoms with Crippen molar-refractivity contribution in [3.63, 3.8) is 0 Å². The molecule has 0 aliphatic rings. The highest BCUT2D eigenvalue weighted by Crippen LogP contribution is 2.28. The molecule has 0 aliphatic carbocycles. The van der Waals surface area contributed by atoms with Crippen LogP contribution in [0.15, 0.2) is 78.2 Å². The largest absolute Gasteiger partial charge is 0.351 e. The van der Waals surface area contributed by atoms with E-state index in [1.54, 1.807) is 12.4 Å². The van der Waals surface area contributed by atoms with E-state index in [1.807, 2.05) is 53.1 Å². The normalized spacial score (nSPS) is 10.8. The number of nitrogens with one attached hydrogen (secondary N) is 1. The number of pyridine rings is 1. The van der Waals surface area contributed by atoms with Crippen LogP contribution in [0.1, 0.15) is 16.7 Å². The SMILES string of the molecule is Cc1ccc(-n2c(SCC(=O)NCc3ccccc3)nnc2-c2cccnc2)cc1C. The van der Waals surface area contributed by atoms with Gasteiger partial charge in [-0.25, -0.2) is 0 Å². The van der Waals surface area contributed by atoms with Crippen LogP contribution in [-0.4, -0.2) is 31.4 Å². The molecule has 2 aromatic carbocycles. The van der Waals surface area contributed by atoms with E-state index < -0.39 is 0 Å². The number of benzene rings is 2. The van der Waals surface area contributed by atoms with E-state index in [9.17, 15) is 4.79 Å². The maximum Gasteiger partial charge on any atom is 0.230 e. The van der Waals surface area contributed by atoms with Gasteiger partial charge in [0.15, 0.2) is 11.0 Å². The third kappa shape index (κ3) is 5.00. The maximum absolute atomic E-state index is 12.4. The van der Waals surface area contributed by atoms with Crippen molar-refractivity contribution in [3.8, 4) is 17.1 Å². The molecule has 0 saturated carbocycles. The lowest BCUT2D eigenvalue weighted by molar-refractivity contribution is -0.118. The lowest BCUT2D eigenvalue weighted by atomic mass is 10.1. The molecule has 0 fully saturated rings. The number of carbonyl (C=O) groups is 1. The number of nitrogens with zero attached hydrogens (tertiary/aromatic N) is 4. The van der Waals surface area contributed by atoms with Crippen molar-refractivity contribution < 1.29 is 4.79 Å². The summed E-state index contributed by atoms with van der Waals surface area (Å²) in [5, 5.41) is 12.4. The van der Waals surface area contributed by atoms with E-state index in [0.717, 1.165) is 16.8 Å². The molecule has 2 heterocycles. The molecule has 7 heteroatoms. The number of aryl methyl sites for hydroxylation is 2. The van der Waals surface area contributed by atoms with Crippen molar-refractivity contribution in [1.29, 1.82) is 0 Å². The third-order valence-corrected chi connectivity index (χ3v) is 5.90. The zero-order valence-corrected chi connectivity index (χ0v) is 18.3. The molecular weight excluding hydrogens is 406 g/mol. The van der Waals surface area contributed by atoms with Gasteiger partial charge in [-0.15, -0.1) is 10.2 Å². The summed E-state index contributed by atoms with van der Waals surface area (Å²) in [7, 11) is 0. The molecule has 0 radical (unpaired) electrons. The Balaban J connectivity index is 1.56. The molecule has 0 aliphatic heterocycles. The van der Waals surface area contributed by atoms with Gasteiger partial charge in [-0.05, 0) is 54.8 Å². The first kappa shape index (κ1) is 20.8. The van der Waals surface area contributed by atoms with Gasteiger partial charge in [0, 0.05) is 24.5 Å². The van der Waals surface area contributed by atoms with Crippen LogP contribution in [0, 0.1) is 13.8 Å². The summed E-state index contributed by atoms with van der Waals surface area (Å²) in [6.07, 6.45) is 3.50. The Hall–Kier alpha value is -3.45. The molecule has 0 unspecified atom stereocenters. The van der Waals surface area contributed by atoms with Gasteiger partial charge in [-0.3, -0.25) is 14.3 Å². The molecule has 4 aromatic rings. The van der Waals surface area contributed by atoms with Gasteiger partial charge in [-0.1, -0.05) is 48.2 Å². The van der Waals surface area contributed by atoms with Crippen LogP contribution < -0.4 is 5.32 Å². The molecule has 4 rings (SSSR count). The fraction of sp³-hybridized carbons (Fsp3) is 0.167. The van der Waals surface area contributed by atoms with Gasteiger partial charge in [0.05, 0.1) is 11.4 Å². The summed E-state index contributed by atoms with van der Waals surface area (Å²) in [6, 6.07) is 19.9. The van der Waals surface area contributed by atoms with Crippen molar-refractivity contribution in [3.05, 3.63) is 89.7 Å². The number of amides is 1. The first-order valence-corrected chi connectivity index (χ1v) is 11.0. The highest BCUT2D eigenvalue weighted by atomic mass is 32.2. The average Bonchev–Trinajstić information content (AvgIpc) is 3.23. The van der Waals surface area contributed by atoms with E-state index in [-0.39, 0.29) is 11.7 Å². The van der Waals surface area contributed by atoms with Crippen molar-refractivity contribution in [2.75, 3.05) is 5.75 Å². The number of hydrogen-bond donors (Lipinski definition) is 1. The number of thioether (sulfide) groups is 1. The van der Waals surface area contributed by atoms with Gasteiger partial charge >= 0.3 is 0 Å². The average molecular weight is 430 g/mol. The van der Waals surface area contributed by atoms with E-state index >= 15 is 0 Å². The van der Waals surface area contributed by atoms with Crippen LogP contribution in [0.5, 0.6) is 0 Å². The van der Waals surface area contributed by atoms with Crippen LogP contribution in [-0.2, 0) is 11.3 Å². The van der Waals surface area contributed by atoms with Gasteiger partial charge in [0.1, 0.15) is 0 Å². The standard InChI is InChI=1S/C24H23N5OS/c1-17-10-11-21(13-18(17)2)29-23(20-9-6-12-25-15-20)27-28-24(29)31-16-22(30)26-14-19-7-4-3-5-8-19/h3-13,15H,14,16H2,1-2H3,(H,26,30). The summed E-state index contributed by atoms with van der Waals surface area (Å²) in [4.78, 5) is 16.6. The third-order valence-electron chi connectivity index (χ3n) is 4.97. The smallest absolute Gasteiger partial charge is 0.230 e. The van der Waals surface area contributed by atoms with Crippen molar-refractivity contribution in [1.82, 2.24) is 25.1 Å². The van der Waals surface area contributed by atoms with E-state index in [2.05, 4.69) is 46.5 Å². The lowest BCUT2D eigenvalue weighted by Gasteiger charge is -2.12. The Morgan fingerprint density at radius 2 is 1.84 bits per heavy atom. The summed E-state index contributed by atoms with van der Waals surface area (Å²) < 4.78 is 1.98. The second-order valence-corrected chi connectivity index (χ2v) is 8.15. The zero-order chi connectivity index (χ0) is 21.6. The van der Waals surface area contributed by atoms with Crippen molar-refractivity contribution >= 4 is 17.7 Å². The maximum atomic E-state index is 12.4. The van der Waals surface area contributed by atoms with Gasteiger partial charge < -0.3 is 5.32 Å². The number of hydrogen-bond acceptors (Lipinski definition) is 5. The second kappa shape index (κ2) is 9.57. The fourth-order valence-electron chi connectivity index (χ4n) is 3.12. The van der Waals surface area contributed by atoms with Crippen LogP contribution in [0.4, 0.5) is 0 Å². The molecule has 2 aromatic heterocycles. The summed E-state index contributed by atoms with van der Waals surface area (Å²) in [6.45, 7) is 4.67. The summed E-state index contributed by atoms with van der Waals surface area (Å²) >= 11 is 1.37. The number of rotatable bonds is 7. The van der Waals surface area contributed by atoms with Crippen LogP contribution in [0.3, 0.4) is 0 Å². The Bertz CT molecular complexity index is 1180. The molecule has 6 nitrogen and oxygen atoms in total. The van der Waals surface area contributed by atoms with Crippen LogP contribution in [0.2, 0.25) is 0 Å². The van der Waals surface area contributed by atoms with E-state index in [1.165, 1.54) is 22.9 Å². The zero-order valence-electron chi connectivity index (χ0n) is 17.4. The first-order chi connectivity index (χ1) is 15.1. The molecular formula is C24H23N5OS. The molecule has 0 saturated heterocycles. The number of aromatic nitrogens is 4. The minimum absolute atomic E-state index is 0.0496. The lowest BCUT2D eigenvalue weighted by Crippen LogP contribution is -2.24. The summed E-state index contributed by atoms with van der Waals surface area (Å²) in [5.74, 6) is 0.901. The first-order valence-electron chi connectivity index (χ1n) is 9.98. The minimum Gasteiger partial charge on any atom is -0.351 e. The minimum atomic E-state index is -0.0496. The topological polar surface area (TPSA) is 72.7 Å². The van der Waals surface area contributed by atoms with Gasteiger partial charge in [0.2, 0.25) is 5.91 Å². The molecule has 1 N–H and O–H groups in total. The Morgan fingerprint density at radius 1 is 1.00 bits per heavy atom. The Labute approximate surface area is 185 Å². The molecule has 31 heavy (non-hydrogen) atoms. The van der Waals surface area contributed by atoms with Crippen molar-refractivity contribution in [2.45, 2.75) is 25.5 Å². The highest BCUT2D eigenvalue weighted by molar-refractivity contribution is 7.99. The van der Waals surface area contributed by atoms with Crippen LogP contribution in [0.25, 0.3) is 17.1 Å². The molecule has 0 atom stereocenters. The quantitative estimate of drug-likeness (QED) is 0.442. The van der Waals surface area contributed by atoms with E-state index in [0.29, 0.717) is 17.5 Å². The van der Waals surface area contributed by atoms with Gasteiger partial charge in [0.25, 0.3) is 0 Å². The highest BCUT2D eigenvalue weighted by Gasteiger charge is 2.18. The predicted molar refractivity (Wildman–Crippen MR) is 123 cm³/mol. The predicted octanol–water partition coefficient (Wildman–Crippen LogP) is 4.35. The Morgan fingerprint density at radius 3 is 2.58 bits per heavy atom. The summed E-state index contributed by atoms with van der Waals surface area (Å²) in [5.41, 5.74) is 5.29. The van der Waals surface area contributed by atoms with Crippen LogP contribution >= 0.6 is 11.8 Å².